The molecule has 23 heavy (non-hydrogen) atoms. The van der Waals surface area contributed by atoms with E-state index in [-0.39, 0.29) is 4.90 Å². The zero-order valence-corrected chi connectivity index (χ0v) is 13.4. The number of halogens is 1. The van der Waals surface area contributed by atoms with Gasteiger partial charge in [0.25, 0.3) is 10.0 Å². The van der Waals surface area contributed by atoms with Crippen molar-refractivity contribution in [1.82, 2.24) is 0 Å². The Morgan fingerprint density at radius 2 is 2.04 bits per heavy atom. The third-order valence-corrected chi connectivity index (χ3v) is 5.60. The highest BCUT2D eigenvalue weighted by atomic mass is 32.2. The minimum Gasteiger partial charge on any atom is -0.330 e. The fourth-order valence-electron chi connectivity index (χ4n) is 3.07. The van der Waals surface area contributed by atoms with Crippen LogP contribution in [0.4, 0.5) is 10.1 Å². The lowest BCUT2D eigenvalue weighted by atomic mass is 9.83. The monoisotopic (exact) mass is 334 g/mol. The van der Waals surface area contributed by atoms with E-state index in [1.807, 2.05) is 12.1 Å². The Kier molecular flexibility index (Phi) is 4.37. The second-order valence-electron chi connectivity index (χ2n) is 5.80. The summed E-state index contributed by atoms with van der Waals surface area (Å²) in [5, 5.41) is 0. The number of fused-ring (bicyclic) bond motifs is 1. The van der Waals surface area contributed by atoms with Crippen LogP contribution in [0.2, 0.25) is 0 Å². The van der Waals surface area contributed by atoms with E-state index in [2.05, 4.69) is 4.72 Å². The number of aryl methyl sites for hydroxylation is 1. The van der Waals surface area contributed by atoms with Crippen molar-refractivity contribution in [1.29, 1.82) is 0 Å². The van der Waals surface area contributed by atoms with Crippen molar-refractivity contribution in [2.75, 3.05) is 11.3 Å². The molecule has 2 aromatic carbocycles. The predicted octanol–water partition coefficient (Wildman–Crippen LogP) is 3.01. The summed E-state index contributed by atoms with van der Waals surface area (Å²) in [6.07, 6.45) is 3.04. The molecule has 1 aliphatic carbocycles. The molecule has 2 aromatic rings. The summed E-state index contributed by atoms with van der Waals surface area (Å²) in [7, 11) is -3.80. The maximum atomic E-state index is 13.2. The Labute approximate surface area is 135 Å². The number of anilines is 1. The van der Waals surface area contributed by atoms with Crippen molar-refractivity contribution in [3.8, 4) is 0 Å². The molecule has 0 spiro atoms. The molecule has 0 fully saturated rings. The Hall–Kier alpha value is -1.92. The zero-order chi connectivity index (χ0) is 16.4. The number of sulfonamides is 1. The Bertz CT molecular complexity index is 821. The topological polar surface area (TPSA) is 72.2 Å². The number of rotatable bonds is 4. The zero-order valence-electron chi connectivity index (χ0n) is 12.6. The molecule has 4 nitrogen and oxygen atoms in total. The number of hydrogen-bond acceptors (Lipinski definition) is 3. The molecule has 0 aromatic heterocycles. The number of hydrogen-bond donors (Lipinski definition) is 2. The molecular formula is C17H19FN2O2S. The molecule has 0 saturated heterocycles. The summed E-state index contributed by atoms with van der Waals surface area (Å²) < 4.78 is 40.4. The largest absolute Gasteiger partial charge is 0.330 e. The van der Waals surface area contributed by atoms with E-state index < -0.39 is 15.8 Å². The first-order valence-corrected chi connectivity index (χ1v) is 9.09. The van der Waals surface area contributed by atoms with Gasteiger partial charge in [0.1, 0.15) is 5.82 Å². The Morgan fingerprint density at radius 3 is 2.78 bits per heavy atom. The van der Waals surface area contributed by atoms with Crippen molar-refractivity contribution in [2.45, 2.75) is 30.1 Å². The number of nitrogens with one attached hydrogen (secondary N) is 1. The molecule has 0 saturated carbocycles. The fraction of sp³-hybridized carbons (Fsp3) is 0.294. The summed E-state index contributed by atoms with van der Waals surface area (Å²) in [5.74, 6) is -0.239. The maximum absolute atomic E-state index is 13.2. The highest BCUT2D eigenvalue weighted by Crippen LogP contribution is 2.33. The molecule has 6 heteroatoms. The van der Waals surface area contributed by atoms with Crippen LogP contribution < -0.4 is 10.5 Å². The van der Waals surface area contributed by atoms with Crippen LogP contribution in [-0.2, 0) is 16.4 Å². The van der Waals surface area contributed by atoms with Crippen LogP contribution in [0.15, 0.2) is 47.4 Å². The summed E-state index contributed by atoms with van der Waals surface area (Å²) in [5.41, 5.74) is 8.62. The van der Waals surface area contributed by atoms with Gasteiger partial charge in [-0.05, 0) is 73.2 Å². The second-order valence-corrected chi connectivity index (χ2v) is 7.48. The predicted molar refractivity (Wildman–Crippen MR) is 88.4 cm³/mol. The fourth-order valence-corrected chi connectivity index (χ4v) is 4.15. The highest BCUT2D eigenvalue weighted by molar-refractivity contribution is 7.92. The van der Waals surface area contributed by atoms with E-state index in [1.165, 1.54) is 23.8 Å². The van der Waals surface area contributed by atoms with E-state index in [0.717, 1.165) is 30.9 Å². The van der Waals surface area contributed by atoms with E-state index in [1.54, 1.807) is 6.07 Å². The van der Waals surface area contributed by atoms with E-state index >= 15 is 0 Å². The van der Waals surface area contributed by atoms with Gasteiger partial charge >= 0.3 is 0 Å². The lowest BCUT2D eigenvalue weighted by Gasteiger charge is -2.25. The highest BCUT2D eigenvalue weighted by Gasteiger charge is 2.20. The summed E-state index contributed by atoms with van der Waals surface area (Å²) in [4.78, 5) is -0.0879. The molecule has 0 aliphatic heterocycles. The first-order chi connectivity index (χ1) is 11.0. The normalized spacial score (nSPS) is 17.6. The lowest BCUT2D eigenvalue weighted by Crippen LogP contribution is -2.19. The molecule has 0 heterocycles. The van der Waals surface area contributed by atoms with Crippen molar-refractivity contribution < 1.29 is 12.8 Å². The van der Waals surface area contributed by atoms with Gasteiger partial charge in [0.15, 0.2) is 0 Å². The smallest absolute Gasteiger partial charge is 0.261 e. The molecule has 3 rings (SSSR count). The molecular weight excluding hydrogens is 315 g/mol. The van der Waals surface area contributed by atoms with Crippen LogP contribution in [0, 0.1) is 5.82 Å². The van der Waals surface area contributed by atoms with Gasteiger partial charge in [0.2, 0.25) is 0 Å². The molecule has 1 aliphatic rings. The van der Waals surface area contributed by atoms with E-state index in [9.17, 15) is 12.8 Å². The Balaban J connectivity index is 1.89. The van der Waals surface area contributed by atoms with Crippen molar-refractivity contribution in [2.24, 2.45) is 5.73 Å². The minimum atomic E-state index is -3.80. The van der Waals surface area contributed by atoms with Crippen molar-refractivity contribution in [3.63, 3.8) is 0 Å². The molecule has 0 bridgehead atoms. The average molecular weight is 334 g/mol. The molecule has 0 amide bonds. The molecule has 1 atom stereocenters. The van der Waals surface area contributed by atoms with Gasteiger partial charge in [-0.3, -0.25) is 4.72 Å². The molecule has 0 unspecified atom stereocenters. The van der Waals surface area contributed by atoms with Crippen LogP contribution >= 0.6 is 0 Å². The third-order valence-electron chi connectivity index (χ3n) is 4.22. The van der Waals surface area contributed by atoms with Gasteiger partial charge in [0, 0.05) is 5.69 Å². The average Bonchev–Trinajstić information content (AvgIpc) is 2.53. The third kappa shape index (κ3) is 3.38. The van der Waals surface area contributed by atoms with E-state index in [0.29, 0.717) is 18.2 Å². The summed E-state index contributed by atoms with van der Waals surface area (Å²) in [6.45, 7) is 0.599. The Morgan fingerprint density at radius 1 is 1.22 bits per heavy atom. The van der Waals surface area contributed by atoms with Crippen molar-refractivity contribution >= 4 is 15.7 Å². The quantitative estimate of drug-likeness (QED) is 0.903. The van der Waals surface area contributed by atoms with Gasteiger partial charge < -0.3 is 5.73 Å². The van der Waals surface area contributed by atoms with Crippen LogP contribution in [0.25, 0.3) is 0 Å². The lowest BCUT2D eigenvalue weighted by molar-refractivity contribution is 0.561. The standard InChI is InChI=1S/C17H19FN2O2S/c18-14-5-2-6-16(10-14)23(21,22)20-15-7-8-17-12(9-15)3-1-4-13(17)11-19/h2,5-10,13,20H,1,3-4,11,19H2/t13-/m0/s1. The maximum Gasteiger partial charge on any atom is 0.261 e. The van der Waals surface area contributed by atoms with Crippen LogP contribution in [-0.4, -0.2) is 15.0 Å². The minimum absolute atomic E-state index is 0.0879. The second kappa shape index (κ2) is 6.29. The number of nitrogens with two attached hydrogens (primary N) is 1. The molecule has 3 N–H and O–H groups in total. The van der Waals surface area contributed by atoms with Gasteiger partial charge in [-0.25, -0.2) is 12.8 Å². The van der Waals surface area contributed by atoms with Crippen LogP contribution in [0.3, 0.4) is 0 Å². The summed E-state index contributed by atoms with van der Waals surface area (Å²) in [6, 6.07) is 10.5. The van der Waals surface area contributed by atoms with E-state index in [4.69, 9.17) is 5.73 Å². The molecule has 122 valence electrons. The van der Waals surface area contributed by atoms with Gasteiger partial charge in [-0.15, -0.1) is 0 Å². The van der Waals surface area contributed by atoms with Crippen LogP contribution in [0.5, 0.6) is 0 Å². The van der Waals surface area contributed by atoms with Gasteiger partial charge in [0.05, 0.1) is 4.90 Å². The first kappa shape index (κ1) is 16.0. The van der Waals surface area contributed by atoms with Crippen LogP contribution in [0.1, 0.15) is 29.9 Å². The first-order valence-electron chi connectivity index (χ1n) is 7.61. The SMILES string of the molecule is NC[C@@H]1CCCc2cc(NS(=O)(=O)c3cccc(F)c3)ccc21. The number of benzene rings is 2. The van der Waals surface area contributed by atoms with Gasteiger partial charge in [-0.2, -0.15) is 0 Å². The summed E-state index contributed by atoms with van der Waals surface area (Å²) >= 11 is 0. The molecule has 0 radical (unpaired) electrons. The van der Waals surface area contributed by atoms with Crippen molar-refractivity contribution in [3.05, 3.63) is 59.4 Å². The van der Waals surface area contributed by atoms with Gasteiger partial charge in [-0.1, -0.05) is 12.1 Å².